The van der Waals surface area contributed by atoms with Crippen LogP contribution in [0.1, 0.15) is 44.7 Å². The third kappa shape index (κ3) is 5.90. The van der Waals surface area contributed by atoms with E-state index >= 15 is 0 Å². The first-order valence-electron chi connectivity index (χ1n) is 9.76. The maximum Gasteiger partial charge on any atom is 0.410 e. The fourth-order valence-corrected chi connectivity index (χ4v) is 3.43. The fourth-order valence-electron chi connectivity index (χ4n) is 3.30. The molecular weight excluding hydrogens is 374 g/mol. The molecule has 0 bridgehead atoms. The highest BCUT2D eigenvalue weighted by molar-refractivity contribution is 6.30. The molecule has 1 amide bonds. The number of hydrogen-bond acceptors (Lipinski definition) is 3. The van der Waals surface area contributed by atoms with E-state index in [2.05, 4.69) is 12.1 Å². The summed E-state index contributed by atoms with van der Waals surface area (Å²) in [4.78, 5) is 14.2. The van der Waals surface area contributed by atoms with Gasteiger partial charge in [0.25, 0.3) is 0 Å². The molecule has 0 radical (unpaired) electrons. The van der Waals surface area contributed by atoms with Crippen LogP contribution in [0.25, 0.3) is 0 Å². The molecular formula is C23H28ClNO3. The van der Waals surface area contributed by atoms with Crippen molar-refractivity contribution in [1.29, 1.82) is 0 Å². The van der Waals surface area contributed by atoms with Gasteiger partial charge in [-0.1, -0.05) is 35.9 Å². The lowest BCUT2D eigenvalue weighted by Gasteiger charge is -2.28. The molecule has 0 aliphatic carbocycles. The van der Waals surface area contributed by atoms with Crippen LogP contribution < -0.4 is 4.74 Å². The molecule has 0 spiro atoms. The first-order chi connectivity index (χ1) is 13.3. The normalized spacial score (nSPS) is 16.9. The third-order valence-corrected chi connectivity index (χ3v) is 4.94. The largest absolute Gasteiger partial charge is 0.491 e. The molecule has 4 nitrogen and oxygen atoms in total. The Kier molecular flexibility index (Phi) is 6.50. The number of hydrogen-bond donors (Lipinski definition) is 0. The summed E-state index contributed by atoms with van der Waals surface area (Å²) < 4.78 is 11.5. The van der Waals surface area contributed by atoms with Crippen LogP contribution in [0.5, 0.6) is 5.75 Å². The molecule has 2 aromatic carbocycles. The van der Waals surface area contributed by atoms with Crippen LogP contribution in [-0.4, -0.2) is 35.8 Å². The average molecular weight is 402 g/mol. The van der Waals surface area contributed by atoms with Crippen LogP contribution in [0.2, 0.25) is 5.02 Å². The van der Waals surface area contributed by atoms with E-state index in [1.807, 2.05) is 57.2 Å². The van der Waals surface area contributed by atoms with E-state index in [9.17, 15) is 4.79 Å². The summed E-state index contributed by atoms with van der Waals surface area (Å²) in [7, 11) is 0. The fraction of sp³-hybridized carbons (Fsp3) is 0.435. The van der Waals surface area contributed by atoms with Crippen LogP contribution in [0.15, 0.2) is 48.5 Å². The summed E-state index contributed by atoms with van der Waals surface area (Å²) in [5.74, 6) is 0.816. The highest BCUT2D eigenvalue weighted by Gasteiger charge is 2.32. The van der Waals surface area contributed by atoms with Crippen molar-refractivity contribution in [3.8, 4) is 5.75 Å². The van der Waals surface area contributed by atoms with Gasteiger partial charge in [0, 0.05) is 11.6 Å². The number of ether oxygens (including phenoxy) is 2. The zero-order valence-electron chi connectivity index (χ0n) is 16.8. The smallest absolute Gasteiger partial charge is 0.410 e. The van der Waals surface area contributed by atoms with Gasteiger partial charge in [-0.3, -0.25) is 0 Å². The zero-order valence-corrected chi connectivity index (χ0v) is 17.5. The van der Waals surface area contributed by atoms with Crippen molar-refractivity contribution in [3.05, 3.63) is 64.7 Å². The lowest BCUT2D eigenvalue weighted by atomic mass is 10.1. The van der Waals surface area contributed by atoms with Crippen LogP contribution in [0.3, 0.4) is 0 Å². The van der Waals surface area contributed by atoms with Gasteiger partial charge in [-0.15, -0.1) is 0 Å². The van der Waals surface area contributed by atoms with Crippen LogP contribution in [0, 0.1) is 0 Å². The molecule has 0 aromatic heterocycles. The first kappa shape index (κ1) is 20.5. The predicted molar refractivity (Wildman–Crippen MR) is 112 cm³/mol. The van der Waals surface area contributed by atoms with Crippen molar-refractivity contribution in [1.82, 2.24) is 4.90 Å². The van der Waals surface area contributed by atoms with Gasteiger partial charge >= 0.3 is 6.09 Å². The Bertz CT molecular complexity index is 781. The maximum atomic E-state index is 12.4. The van der Waals surface area contributed by atoms with E-state index in [4.69, 9.17) is 21.1 Å². The predicted octanol–water partition coefficient (Wildman–Crippen LogP) is 5.71. The summed E-state index contributed by atoms with van der Waals surface area (Å²) in [5, 5.41) is 0.750. The van der Waals surface area contributed by atoms with E-state index in [1.165, 1.54) is 11.1 Å². The Morgan fingerprint density at radius 2 is 1.68 bits per heavy atom. The number of carbonyl (C=O) groups is 1. The number of nitrogens with zero attached hydrogens (tertiary/aromatic N) is 1. The highest BCUT2D eigenvalue weighted by atomic mass is 35.5. The summed E-state index contributed by atoms with van der Waals surface area (Å²) in [6.45, 7) is 6.87. The first-order valence-corrected chi connectivity index (χ1v) is 10.1. The monoisotopic (exact) mass is 401 g/mol. The summed E-state index contributed by atoms with van der Waals surface area (Å²) in [6.07, 6.45) is 2.52. The quantitative estimate of drug-likeness (QED) is 0.644. The highest BCUT2D eigenvalue weighted by Crippen LogP contribution is 2.23. The van der Waals surface area contributed by atoms with Gasteiger partial charge in [0.2, 0.25) is 0 Å². The van der Waals surface area contributed by atoms with Crippen LogP contribution >= 0.6 is 11.6 Å². The van der Waals surface area contributed by atoms with Gasteiger partial charge in [0.05, 0.1) is 6.04 Å². The lowest BCUT2D eigenvalue weighted by molar-refractivity contribution is 0.0187. The average Bonchev–Trinajstić information content (AvgIpc) is 3.10. The minimum absolute atomic E-state index is 0.0589. The van der Waals surface area contributed by atoms with E-state index in [-0.39, 0.29) is 12.1 Å². The summed E-state index contributed by atoms with van der Waals surface area (Å²) >= 11 is 5.94. The van der Waals surface area contributed by atoms with Crippen molar-refractivity contribution < 1.29 is 14.3 Å². The standard InChI is InChI=1S/C23H28ClNO3/c1-23(2,3)28-22(26)25-14-4-5-20(25)16-27-21-12-8-18(9-13-21)15-17-6-10-19(24)11-7-17/h6-13,20H,4-5,14-16H2,1-3H3/t20-/m1/s1. The van der Waals surface area contributed by atoms with Crippen molar-refractivity contribution in [2.24, 2.45) is 0 Å². The second-order valence-corrected chi connectivity index (χ2v) is 8.66. The molecule has 28 heavy (non-hydrogen) atoms. The number of carbonyl (C=O) groups excluding carboxylic acids is 1. The molecule has 5 heteroatoms. The second kappa shape index (κ2) is 8.87. The van der Waals surface area contributed by atoms with Crippen molar-refractivity contribution >= 4 is 17.7 Å². The molecule has 1 atom stereocenters. The molecule has 1 saturated heterocycles. The Morgan fingerprint density at radius 1 is 1.07 bits per heavy atom. The summed E-state index contributed by atoms with van der Waals surface area (Å²) in [5.41, 5.74) is 1.95. The number of amides is 1. The van der Waals surface area contributed by atoms with Gasteiger partial charge in [-0.05, 0) is 75.4 Å². The van der Waals surface area contributed by atoms with Crippen LogP contribution in [0.4, 0.5) is 4.79 Å². The number of halogens is 1. The molecule has 1 fully saturated rings. The minimum Gasteiger partial charge on any atom is -0.491 e. The van der Waals surface area contributed by atoms with E-state index in [0.29, 0.717) is 6.61 Å². The van der Waals surface area contributed by atoms with Crippen molar-refractivity contribution in [3.63, 3.8) is 0 Å². The second-order valence-electron chi connectivity index (χ2n) is 8.23. The van der Waals surface area contributed by atoms with Gasteiger partial charge in [-0.2, -0.15) is 0 Å². The van der Waals surface area contributed by atoms with E-state index < -0.39 is 5.60 Å². The van der Waals surface area contributed by atoms with E-state index in [0.717, 1.165) is 36.6 Å². The molecule has 2 aromatic rings. The SMILES string of the molecule is CC(C)(C)OC(=O)N1CCC[C@@H]1COc1ccc(Cc2ccc(Cl)cc2)cc1. The van der Waals surface area contributed by atoms with Gasteiger partial charge in [0.15, 0.2) is 0 Å². The molecule has 0 N–H and O–H groups in total. The Hall–Kier alpha value is -2.20. The Morgan fingerprint density at radius 3 is 2.29 bits per heavy atom. The Balaban J connectivity index is 1.52. The topological polar surface area (TPSA) is 38.8 Å². The van der Waals surface area contributed by atoms with Crippen molar-refractivity contribution in [2.45, 2.75) is 51.7 Å². The molecule has 3 rings (SSSR count). The minimum atomic E-state index is -0.481. The lowest BCUT2D eigenvalue weighted by Crippen LogP contribution is -2.42. The van der Waals surface area contributed by atoms with Crippen LogP contribution in [-0.2, 0) is 11.2 Å². The van der Waals surface area contributed by atoms with Gasteiger partial charge in [0.1, 0.15) is 18.0 Å². The summed E-state index contributed by atoms with van der Waals surface area (Å²) in [6, 6.07) is 16.1. The Labute approximate surface area is 172 Å². The number of likely N-dealkylation sites (tertiary alicyclic amines) is 1. The molecule has 1 aliphatic rings. The number of benzene rings is 2. The molecule has 1 heterocycles. The zero-order chi connectivity index (χ0) is 20.1. The molecule has 150 valence electrons. The van der Waals surface area contributed by atoms with Gasteiger partial charge in [-0.25, -0.2) is 4.79 Å². The van der Waals surface area contributed by atoms with Gasteiger partial charge < -0.3 is 14.4 Å². The molecule has 0 unspecified atom stereocenters. The molecule has 0 saturated carbocycles. The third-order valence-electron chi connectivity index (χ3n) is 4.69. The van der Waals surface area contributed by atoms with Crippen molar-refractivity contribution in [2.75, 3.05) is 13.2 Å². The number of rotatable bonds is 5. The maximum absolute atomic E-state index is 12.4. The molecule has 1 aliphatic heterocycles. The van der Waals surface area contributed by atoms with E-state index in [1.54, 1.807) is 4.90 Å².